The molecule has 3 rings (SSSR count). The fourth-order valence-electron chi connectivity index (χ4n) is 2.35. The van der Waals surface area contributed by atoms with E-state index in [1.807, 2.05) is 48.5 Å². The van der Waals surface area contributed by atoms with Crippen molar-refractivity contribution in [3.63, 3.8) is 0 Å². The lowest BCUT2D eigenvalue weighted by Crippen LogP contribution is -2.11. The maximum Gasteiger partial charge on any atom is 0.224 e. The summed E-state index contributed by atoms with van der Waals surface area (Å²) < 4.78 is 0. The monoisotopic (exact) mass is 346 g/mol. The number of benzene rings is 1. The smallest absolute Gasteiger partial charge is 0.224 e. The molecule has 1 amide bonds. The molecule has 0 saturated carbocycles. The first kappa shape index (κ1) is 16.9. The molecular formula is C21H18N2OS. The summed E-state index contributed by atoms with van der Waals surface area (Å²) in [5.74, 6) is 6.13. The number of rotatable bonds is 5. The molecule has 1 N–H and O–H groups in total. The van der Waals surface area contributed by atoms with E-state index >= 15 is 0 Å². The zero-order valence-electron chi connectivity index (χ0n) is 13.7. The summed E-state index contributed by atoms with van der Waals surface area (Å²) in [6, 6.07) is 17.3. The van der Waals surface area contributed by atoms with Crippen molar-refractivity contribution in [3.05, 3.63) is 82.3 Å². The minimum Gasteiger partial charge on any atom is -0.326 e. The van der Waals surface area contributed by atoms with Gasteiger partial charge in [0.25, 0.3) is 0 Å². The summed E-state index contributed by atoms with van der Waals surface area (Å²) in [6.45, 7) is 0. The van der Waals surface area contributed by atoms with Crippen LogP contribution in [-0.4, -0.2) is 10.9 Å². The normalized spacial score (nSPS) is 9.92. The van der Waals surface area contributed by atoms with Crippen molar-refractivity contribution < 1.29 is 4.79 Å². The number of nitrogens with zero attached hydrogens (tertiary/aromatic N) is 1. The maximum atomic E-state index is 12.1. The van der Waals surface area contributed by atoms with Crippen LogP contribution >= 0.6 is 11.3 Å². The fraction of sp³-hybridized carbons (Fsp3) is 0.143. The summed E-state index contributed by atoms with van der Waals surface area (Å²) in [7, 11) is 0. The van der Waals surface area contributed by atoms with Crippen LogP contribution in [0.25, 0.3) is 0 Å². The molecule has 0 aliphatic heterocycles. The topological polar surface area (TPSA) is 42.0 Å². The van der Waals surface area contributed by atoms with Gasteiger partial charge < -0.3 is 5.32 Å². The van der Waals surface area contributed by atoms with Crippen LogP contribution in [0, 0.1) is 11.8 Å². The SMILES string of the molecule is O=C(CCCc1cccs1)Nc1cccc(C#Cc2ccccn2)c1. The highest BCUT2D eigenvalue weighted by Gasteiger charge is 2.03. The Bertz CT molecular complexity index is 877. The van der Waals surface area contributed by atoms with Gasteiger partial charge in [0.2, 0.25) is 5.91 Å². The predicted molar refractivity (Wildman–Crippen MR) is 103 cm³/mol. The van der Waals surface area contributed by atoms with E-state index in [2.05, 4.69) is 33.6 Å². The zero-order valence-corrected chi connectivity index (χ0v) is 14.6. The number of hydrogen-bond donors (Lipinski definition) is 1. The molecule has 0 fully saturated rings. The largest absolute Gasteiger partial charge is 0.326 e. The number of carbonyl (C=O) groups excluding carboxylic acids is 1. The number of thiophene rings is 1. The van der Waals surface area contributed by atoms with E-state index in [-0.39, 0.29) is 5.91 Å². The number of amides is 1. The number of carbonyl (C=O) groups is 1. The molecule has 0 aliphatic rings. The summed E-state index contributed by atoms with van der Waals surface area (Å²) in [5, 5.41) is 5.00. The number of hydrogen-bond acceptors (Lipinski definition) is 3. The van der Waals surface area contributed by atoms with E-state index in [0.717, 1.165) is 29.8 Å². The van der Waals surface area contributed by atoms with Crippen LogP contribution in [0.3, 0.4) is 0 Å². The van der Waals surface area contributed by atoms with E-state index in [0.29, 0.717) is 6.42 Å². The lowest BCUT2D eigenvalue weighted by Gasteiger charge is -2.05. The van der Waals surface area contributed by atoms with Gasteiger partial charge in [-0.15, -0.1) is 11.3 Å². The van der Waals surface area contributed by atoms with Crippen molar-refractivity contribution >= 4 is 22.9 Å². The lowest BCUT2D eigenvalue weighted by molar-refractivity contribution is -0.116. The number of pyridine rings is 1. The number of aromatic nitrogens is 1. The third-order valence-corrected chi connectivity index (χ3v) is 4.49. The Balaban J connectivity index is 1.54. The first-order chi connectivity index (χ1) is 12.3. The molecule has 1 aromatic carbocycles. The van der Waals surface area contributed by atoms with E-state index in [9.17, 15) is 4.79 Å². The Kier molecular flexibility index (Phi) is 5.97. The molecule has 0 aliphatic carbocycles. The molecule has 124 valence electrons. The third-order valence-electron chi connectivity index (χ3n) is 3.55. The Morgan fingerprint density at radius 1 is 1.08 bits per heavy atom. The van der Waals surface area contributed by atoms with Crippen molar-refractivity contribution in [2.75, 3.05) is 5.32 Å². The maximum absolute atomic E-state index is 12.1. The molecule has 3 nitrogen and oxygen atoms in total. The van der Waals surface area contributed by atoms with Crippen LogP contribution < -0.4 is 5.32 Å². The average molecular weight is 346 g/mol. The minimum atomic E-state index is 0.0337. The van der Waals surface area contributed by atoms with Gasteiger partial charge >= 0.3 is 0 Å². The van der Waals surface area contributed by atoms with E-state index < -0.39 is 0 Å². The molecule has 25 heavy (non-hydrogen) atoms. The first-order valence-corrected chi connectivity index (χ1v) is 9.03. The Labute approximate surface area is 151 Å². The van der Waals surface area contributed by atoms with Gasteiger partial charge in [-0.2, -0.15) is 0 Å². The van der Waals surface area contributed by atoms with Crippen molar-refractivity contribution in [2.24, 2.45) is 0 Å². The quantitative estimate of drug-likeness (QED) is 0.691. The van der Waals surface area contributed by atoms with Crippen LogP contribution in [0.15, 0.2) is 66.2 Å². The van der Waals surface area contributed by atoms with Crippen molar-refractivity contribution in [2.45, 2.75) is 19.3 Å². The second-order valence-corrected chi connectivity index (χ2v) is 6.56. The van der Waals surface area contributed by atoms with Crippen LogP contribution in [0.5, 0.6) is 0 Å². The molecule has 2 heterocycles. The highest BCUT2D eigenvalue weighted by molar-refractivity contribution is 7.09. The first-order valence-electron chi connectivity index (χ1n) is 8.15. The highest BCUT2D eigenvalue weighted by Crippen LogP contribution is 2.14. The molecule has 0 spiro atoms. The molecular weight excluding hydrogens is 328 g/mol. The van der Waals surface area contributed by atoms with Gasteiger partial charge in [0.1, 0.15) is 5.69 Å². The number of aryl methyl sites for hydroxylation is 1. The standard InChI is InChI=1S/C21H18N2OS/c24-21(11-4-9-20-10-5-15-25-20)23-19-8-3-6-17(16-19)12-13-18-7-1-2-14-22-18/h1-3,5-8,10,14-16H,4,9,11H2,(H,23,24). The van der Waals surface area contributed by atoms with E-state index in [4.69, 9.17) is 0 Å². The molecule has 0 bridgehead atoms. The Hall–Kier alpha value is -2.90. The fourth-order valence-corrected chi connectivity index (χ4v) is 3.10. The van der Waals surface area contributed by atoms with Gasteiger partial charge in [-0.1, -0.05) is 24.1 Å². The summed E-state index contributed by atoms with van der Waals surface area (Å²) in [5.41, 5.74) is 2.35. The minimum absolute atomic E-state index is 0.0337. The van der Waals surface area contributed by atoms with E-state index in [1.54, 1.807) is 17.5 Å². The van der Waals surface area contributed by atoms with Crippen LogP contribution in [0.1, 0.15) is 29.0 Å². The second-order valence-electron chi connectivity index (χ2n) is 5.53. The summed E-state index contributed by atoms with van der Waals surface area (Å²) in [4.78, 5) is 17.6. The lowest BCUT2D eigenvalue weighted by atomic mass is 10.1. The molecule has 2 aromatic heterocycles. The van der Waals surface area contributed by atoms with Gasteiger partial charge in [0.15, 0.2) is 0 Å². The molecule has 3 aromatic rings. The average Bonchev–Trinajstić information content (AvgIpc) is 3.15. The Morgan fingerprint density at radius 2 is 2.04 bits per heavy atom. The Morgan fingerprint density at radius 3 is 2.84 bits per heavy atom. The van der Waals surface area contributed by atoms with Gasteiger partial charge in [0, 0.05) is 28.7 Å². The van der Waals surface area contributed by atoms with Crippen molar-refractivity contribution in [1.29, 1.82) is 0 Å². The number of nitrogens with one attached hydrogen (secondary N) is 1. The third kappa shape index (κ3) is 5.59. The summed E-state index contributed by atoms with van der Waals surface area (Å²) >= 11 is 1.73. The van der Waals surface area contributed by atoms with Gasteiger partial charge in [-0.25, -0.2) is 4.98 Å². The number of anilines is 1. The summed E-state index contributed by atoms with van der Waals surface area (Å²) in [6.07, 6.45) is 4.03. The molecule has 0 unspecified atom stereocenters. The van der Waals surface area contributed by atoms with Gasteiger partial charge in [0.05, 0.1) is 0 Å². The molecule has 0 radical (unpaired) electrons. The molecule has 4 heteroatoms. The van der Waals surface area contributed by atoms with Crippen LogP contribution in [0.4, 0.5) is 5.69 Å². The highest BCUT2D eigenvalue weighted by atomic mass is 32.1. The van der Waals surface area contributed by atoms with E-state index in [1.165, 1.54) is 4.88 Å². The van der Waals surface area contributed by atoms with Crippen molar-refractivity contribution in [1.82, 2.24) is 4.98 Å². The zero-order chi connectivity index (χ0) is 17.3. The van der Waals surface area contributed by atoms with Gasteiger partial charge in [-0.3, -0.25) is 4.79 Å². The second kappa shape index (κ2) is 8.81. The molecule has 0 atom stereocenters. The van der Waals surface area contributed by atoms with Crippen LogP contribution in [-0.2, 0) is 11.2 Å². The van der Waals surface area contributed by atoms with Crippen molar-refractivity contribution in [3.8, 4) is 11.8 Å². The van der Waals surface area contributed by atoms with Gasteiger partial charge in [-0.05, 0) is 60.5 Å². The predicted octanol–water partition coefficient (Wildman–Crippen LogP) is 4.50. The van der Waals surface area contributed by atoms with Crippen LogP contribution in [0.2, 0.25) is 0 Å². The molecule has 0 saturated heterocycles.